The van der Waals surface area contributed by atoms with Crippen LogP contribution in [0.5, 0.6) is 0 Å². The fourth-order valence-electron chi connectivity index (χ4n) is 4.08. The van der Waals surface area contributed by atoms with Crippen molar-refractivity contribution in [3.63, 3.8) is 0 Å². The summed E-state index contributed by atoms with van der Waals surface area (Å²) < 4.78 is 0. The van der Waals surface area contributed by atoms with Gasteiger partial charge in [0.25, 0.3) is 0 Å². The zero-order chi connectivity index (χ0) is 11.7. The van der Waals surface area contributed by atoms with Gasteiger partial charge in [0.05, 0.1) is 6.10 Å². The molecule has 0 radical (unpaired) electrons. The van der Waals surface area contributed by atoms with Gasteiger partial charge in [0.1, 0.15) is 0 Å². The second kappa shape index (κ2) is 4.87. The molecule has 2 aliphatic heterocycles. The van der Waals surface area contributed by atoms with E-state index in [2.05, 4.69) is 10.2 Å². The molecule has 3 aliphatic rings. The van der Waals surface area contributed by atoms with Crippen LogP contribution in [-0.2, 0) is 0 Å². The maximum absolute atomic E-state index is 9.58. The van der Waals surface area contributed by atoms with Crippen molar-refractivity contribution in [3.05, 3.63) is 0 Å². The number of nitrogens with zero attached hydrogens (tertiary/aromatic N) is 1. The zero-order valence-electron chi connectivity index (χ0n) is 10.8. The quantitative estimate of drug-likeness (QED) is 0.724. The zero-order valence-corrected chi connectivity index (χ0v) is 10.8. The molecule has 3 heteroatoms. The summed E-state index contributed by atoms with van der Waals surface area (Å²) in [5, 5.41) is 13.2. The van der Waals surface area contributed by atoms with Crippen LogP contribution >= 0.6 is 0 Å². The normalized spacial score (nSPS) is 44.3. The topological polar surface area (TPSA) is 35.5 Å². The summed E-state index contributed by atoms with van der Waals surface area (Å²) in [6.45, 7) is 5.05. The number of hydrogen-bond donors (Lipinski definition) is 2. The Morgan fingerprint density at radius 3 is 2.65 bits per heavy atom. The van der Waals surface area contributed by atoms with Crippen molar-refractivity contribution in [1.29, 1.82) is 0 Å². The molecular weight excluding hydrogens is 212 g/mol. The van der Waals surface area contributed by atoms with Gasteiger partial charge in [-0.3, -0.25) is 4.90 Å². The van der Waals surface area contributed by atoms with E-state index in [4.69, 9.17) is 0 Å². The van der Waals surface area contributed by atoms with Crippen molar-refractivity contribution in [3.8, 4) is 0 Å². The molecule has 0 bridgehead atoms. The first kappa shape index (κ1) is 11.9. The second-order valence-corrected chi connectivity index (χ2v) is 6.46. The fourth-order valence-corrected chi connectivity index (χ4v) is 4.08. The van der Waals surface area contributed by atoms with Crippen LogP contribution in [0.2, 0.25) is 0 Å². The third-order valence-corrected chi connectivity index (χ3v) is 5.21. The van der Waals surface area contributed by atoms with E-state index in [1.165, 1.54) is 58.3 Å². The van der Waals surface area contributed by atoms with E-state index in [9.17, 15) is 5.11 Å². The van der Waals surface area contributed by atoms with E-state index in [1.54, 1.807) is 0 Å². The lowest BCUT2D eigenvalue weighted by Crippen LogP contribution is -2.44. The van der Waals surface area contributed by atoms with Crippen molar-refractivity contribution >= 4 is 0 Å². The van der Waals surface area contributed by atoms with Gasteiger partial charge in [0.2, 0.25) is 0 Å². The maximum Gasteiger partial charge on any atom is 0.0541 e. The summed E-state index contributed by atoms with van der Waals surface area (Å²) in [7, 11) is 0. The second-order valence-electron chi connectivity index (χ2n) is 6.46. The van der Waals surface area contributed by atoms with Crippen molar-refractivity contribution in [2.24, 2.45) is 5.41 Å². The van der Waals surface area contributed by atoms with Crippen LogP contribution in [0.25, 0.3) is 0 Å². The van der Waals surface area contributed by atoms with Gasteiger partial charge in [-0.2, -0.15) is 0 Å². The minimum absolute atomic E-state index is 0.0147. The molecular formula is C14H26N2O. The Bertz CT molecular complexity index is 255. The van der Waals surface area contributed by atoms with Crippen LogP contribution in [0.4, 0.5) is 0 Å². The van der Waals surface area contributed by atoms with Gasteiger partial charge in [-0.05, 0) is 63.5 Å². The largest absolute Gasteiger partial charge is 0.393 e. The van der Waals surface area contributed by atoms with Crippen LogP contribution in [-0.4, -0.2) is 48.3 Å². The maximum atomic E-state index is 9.58. The third kappa shape index (κ3) is 2.51. The lowest BCUT2D eigenvalue weighted by molar-refractivity contribution is 0.0761. The lowest BCUT2D eigenvalue weighted by atomic mass is 9.80. The van der Waals surface area contributed by atoms with Gasteiger partial charge in [0.15, 0.2) is 0 Å². The fraction of sp³-hybridized carbons (Fsp3) is 1.00. The summed E-state index contributed by atoms with van der Waals surface area (Å²) in [4.78, 5) is 2.72. The molecule has 1 saturated carbocycles. The number of likely N-dealkylation sites (tertiary alicyclic amines) is 1. The average Bonchev–Trinajstić information content (AvgIpc) is 2.75. The Morgan fingerprint density at radius 1 is 1.12 bits per heavy atom. The van der Waals surface area contributed by atoms with Crippen molar-refractivity contribution in [2.75, 3.05) is 26.2 Å². The van der Waals surface area contributed by atoms with Gasteiger partial charge in [-0.25, -0.2) is 0 Å². The smallest absolute Gasteiger partial charge is 0.0541 e. The molecule has 1 atom stereocenters. The van der Waals surface area contributed by atoms with Crippen LogP contribution in [0.1, 0.15) is 44.9 Å². The molecule has 3 nitrogen and oxygen atoms in total. The van der Waals surface area contributed by atoms with Crippen molar-refractivity contribution in [1.82, 2.24) is 10.2 Å². The number of nitrogens with one attached hydrogen (secondary N) is 1. The Hall–Kier alpha value is -0.120. The molecule has 0 aromatic heterocycles. The predicted molar refractivity (Wildman–Crippen MR) is 69.0 cm³/mol. The molecule has 1 spiro atoms. The average molecular weight is 238 g/mol. The van der Waals surface area contributed by atoms with Gasteiger partial charge in [-0.1, -0.05) is 0 Å². The minimum atomic E-state index is -0.0147. The van der Waals surface area contributed by atoms with Gasteiger partial charge >= 0.3 is 0 Å². The molecule has 0 aromatic rings. The highest BCUT2D eigenvalue weighted by Gasteiger charge is 2.41. The van der Waals surface area contributed by atoms with E-state index in [1.807, 2.05) is 0 Å². The first-order chi connectivity index (χ1) is 8.27. The highest BCUT2D eigenvalue weighted by Crippen LogP contribution is 2.39. The number of hydrogen-bond acceptors (Lipinski definition) is 3. The summed E-state index contributed by atoms with van der Waals surface area (Å²) >= 11 is 0. The predicted octanol–water partition coefficient (Wildman–Crippen LogP) is 1.37. The number of aliphatic hydroxyl groups is 1. The molecule has 2 heterocycles. The third-order valence-electron chi connectivity index (χ3n) is 5.21. The molecule has 1 aliphatic carbocycles. The first-order valence-corrected chi connectivity index (χ1v) is 7.40. The highest BCUT2D eigenvalue weighted by molar-refractivity contribution is 4.96. The molecule has 17 heavy (non-hydrogen) atoms. The van der Waals surface area contributed by atoms with E-state index in [0.717, 1.165) is 18.9 Å². The summed E-state index contributed by atoms with van der Waals surface area (Å²) in [6.07, 6.45) is 8.62. The first-order valence-electron chi connectivity index (χ1n) is 7.40. The minimum Gasteiger partial charge on any atom is -0.393 e. The molecule has 0 aromatic carbocycles. The Kier molecular flexibility index (Phi) is 3.42. The standard InChI is InChI=1S/C14H26N2O/c17-13-4-2-12(3-5-13)16-9-7-14(11-16)6-1-8-15-10-14/h12-13,15,17H,1-11H2. The van der Waals surface area contributed by atoms with E-state index < -0.39 is 0 Å². The molecule has 0 amide bonds. The molecule has 3 fully saturated rings. The summed E-state index contributed by atoms with van der Waals surface area (Å²) in [5.41, 5.74) is 0.592. The Balaban J connectivity index is 1.56. The molecule has 2 N–H and O–H groups in total. The molecule has 2 saturated heterocycles. The summed E-state index contributed by atoms with van der Waals surface area (Å²) in [6, 6.07) is 0.764. The van der Waals surface area contributed by atoms with Crippen LogP contribution < -0.4 is 5.32 Å². The lowest BCUT2D eigenvalue weighted by Gasteiger charge is -2.37. The van der Waals surface area contributed by atoms with Gasteiger partial charge in [-0.15, -0.1) is 0 Å². The monoisotopic (exact) mass is 238 g/mol. The molecule has 1 unspecified atom stereocenters. The van der Waals surface area contributed by atoms with Crippen molar-refractivity contribution in [2.45, 2.75) is 57.1 Å². The summed E-state index contributed by atoms with van der Waals surface area (Å²) in [5.74, 6) is 0. The van der Waals surface area contributed by atoms with Crippen LogP contribution in [0, 0.1) is 5.41 Å². The number of aliphatic hydroxyl groups excluding tert-OH is 1. The molecule has 3 rings (SSSR count). The van der Waals surface area contributed by atoms with Gasteiger partial charge < -0.3 is 10.4 Å². The number of piperidine rings is 1. The van der Waals surface area contributed by atoms with Crippen LogP contribution in [0.3, 0.4) is 0 Å². The van der Waals surface area contributed by atoms with E-state index >= 15 is 0 Å². The Labute approximate surface area is 105 Å². The molecule has 98 valence electrons. The van der Waals surface area contributed by atoms with E-state index in [0.29, 0.717) is 5.41 Å². The Morgan fingerprint density at radius 2 is 1.94 bits per heavy atom. The highest BCUT2D eigenvalue weighted by atomic mass is 16.3. The number of rotatable bonds is 1. The SMILES string of the molecule is OC1CCC(N2CCC3(CCCNC3)C2)CC1. The van der Waals surface area contributed by atoms with Gasteiger partial charge in [0, 0.05) is 19.1 Å². The van der Waals surface area contributed by atoms with E-state index in [-0.39, 0.29) is 6.10 Å². The van der Waals surface area contributed by atoms with Crippen LogP contribution in [0.15, 0.2) is 0 Å². The van der Waals surface area contributed by atoms with Crippen molar-refractivity contribution < 1.29 is 5.11 Å².